The van der Waals surface area contributed by atoms with Gasteiger partial charge in [0.1, 0.15) is 17.1 Å². The van der Waals surface area contributed by atoms with Gasteiger partial charge in [-0.1, -0.05) is 45.0 Å². The van der Waals surface area contributed by atoms with Gasteiger partial charge in [0.15, 0.2) is 12.1 Å². The fourth-order valence-corrected chi connectivity index (χ4v) is 3.53. The fraction of sp³-hybridized carbons (Fsp3) is 0.333. The summed E-state index contributed by atoms with van der Waals surface area (Å²) in [5.74, 6) is 0.984. The summed E-state index contributed by atoms with van der Waals surface area (Å²) in [6.07, 6.45) is 0.812. The molecule has 1 aromatic heterocycles. The van der Waals surface area contributed by atoms with Crippen LogP contribution in [0, 0.1) is 6.92 Å². The van der Waals surface area contributed by atoms with Crippen LogP contribution in [0.2, 0.25) is 0 Å². The first-order valence-electron chi connectivity index (χ1n) is 11.2. The first-order chi connectivity index (χ1) is 16.2. The standard InChI is InChI=1S/C27H31N3O4/c1-7-34-26(32)23-17(2)29-24(22-13-10-20(27(3,4)5)14-19(22)16-31)30-25(23)28-15-18-8-11-21(33-6)12-9-18/h8-14,16H,7,15H2,1-6H3,(H,28,29,30). The molecule has 0 aliphatic carbocycles. The Labute approximate surface area is 200 Å². The molecule has 1 heterocycles. The Morgan fingerprint density at radius 2 is 1.79 bits per heavy atom. The molecule has 0 spiro atoms. The zero-order valence-corrected chi connectivity index (χ0v) is 20.6. The molecule has 0 unspecified atom stereocenters. The molecular formula is C27H31N3O4. The third-order valence-electron chi connectivity index (χ3n) is 5.47. The van der Waals surface area contributed by atoms with Gasteiger partial charge in [0.25, 0.3) is 0 Å². The van der Waals surface area contributed by atoms with Crippen molar-refractivity contribution in [3.8, 4) is 17.1 Å². The van der Waals surface area contributed by atoms with Crippen molar-refractivity contribution in [2.45, 2.75) is 46.6 Å². The number of aromatic nitrogens is 2. The SMILES string of the molecule is CCOC(=O)c1c(C)nc(-c2ccc(C(C)(C)C)cc2C=O)nc1NCc1ccc(OC)cc1. The minimum atomic E-state index is -0.498. The maximum atomic E-state index is 12.7. The van der Waals surface area contributed by atoms with E-state index in [1.165, 1.54) is 0 Å². The van der Waals surface area contributed by atoms with E-state index in [0.717, 1.165) is 23.2 Å². The highest BCUT2D eigenvalue weighted by Gasteiger charge is 2.22. The average molecular weight is 462 g/mol. The molecule has 0 atom stereocenters. The van der Waals surface area contributed by atoms with Gasteiger partial charge < -0.3 is 14.8 Å². The number of anilines is 1. The van der Waals surface area contributed by atoms with Crippen molar-refractivity contribution in [3.63, 3.8) is 0 Å². The van der Waals surface area contributed by atoms with Gasteiger partial charge in [-0.25, -0.2) is 14.8 Å². The average Bonchev–Trinajstić information content (AvgIpc) is 2.81. The summed E-state index contributed by atoms with van der Waals surface area (Å²) < 4.78 is 10.5. The molecule has 0 radical (unpaired) electrons. The second kappa shape index (κ2) is 10.5. The topological polar surface area (TPSA) is 90.4 Å². The van der Waals surface area contributed by atoms with Crippen molar-refractivity contribution >= 4 is 18.1 Å². The van der Waals surface area contributed by atoms with Crippen LogP contribution in [0.1, 0.15) is 65.2 Å². The van der Waals surface area contributed by atoms with E-state index in [4.69, 9.17) is 9.47 Å². The fourth-order valence-electron chi connectivity index (χ4n) is 3.53. The smallest absolute Gasteiger partial charge is 0.343 e. The summed E-state index contributed by atoms with van der Waals surface area (Å²) in [6.45, 7) is 10.4. The maximum Gasteiger partial charge on any atom is 0.343 e. The number of esters is 1. The third kappa shape index (κ3) is 5.60. The number of nitrogens with zero attached hydrogens (tertiary/aromatic N) is 2. The van der Waals surface area contributed by atoms with E-state index in [1.807, 2.05) is 42.5 Å². The number of rotatable bonds is 8. The number of methoxy groups -OCH3 is 1. The second-order valence-electron chi connectivity index (χ2n) is 8.95. The van der Waals surface area contributed by atoms with Crippen molar-refractivity contribution in [1.29, 1.82) is 0 Å². The van der Waals surface area contributed by atoms with Gasteiger partial charge in [-0.3, -0.25) is 4.79 Å². The molecule has 0 aliphatic heterocycles. The zero-order valence-electron chi connectivity index (χ0n) is 20.6. The minimum Gasteiger partial charge on any atom is -0.497 e. The van der Waals surface area contributed by atoms with Crippen LogP contribution in [0.5, 0.6) is 5.75 Å². The molecule has 0 fully saturated rings. The molecule has 0 saturated carbocycles. The Kier molecular flexibility index (Phi) is 7.66. The summed E-state index contributed by atoms with van der Waals surface area (Å²) in [5.41, 5.74) is 3.76. The quantitative estimate of drug-likeness (QED) is 0.357. The molecule has 7 nitrogen and oxygen atoms in total. The number of aldehydes is 1. The van der Waals surface area contributed by atoms with Crippen molar-refractivity contribution < 1.29 is 19.1 Å². The zero-order chi connectivity index (χ0) is 24.9. The van der Waals surface area contributed by atoms with Crippen molar-refractivity contribution in [3.05, 3.63) is 70.4 Å². The van der Waals surface area contributed by atoms with E-state index < -0.39 is 5.97 Å². The van der Waals surface area contributed by atoms with Gasteiger partial charge in [-0.2, -0.15) is 0 Å². The predicted molar refractivity (Wildman–Crippen MR) is 133 cm³/mol. The maximum absolute atomic E-state index is 12.7. The predicted octanol–water partition coefficient (Wildman–Crippen LogP) is 5.36. The lowest BCUT2D eigenvalue weighted by molar-refractivity contribution is 0.0525. The Balaban J connectivity index is 2.05. The number of hydrogen-bond acceptors (Lipinski definition) is 7. The largest absolute Gasteiger partial charge is 0.497 e. The highest BCUT2D eigenvalue weighted by atomic mass is 16.5. The number of benzene rings is 2. The molecule has 1 N–H and O–H groups in total. The van der Waals surface area contributed by atoms with Gasteiger partial charge in [-0.15, -0.1) is 0 Å². The monoisotopic (exact) mass is 461 g/mol. The van der Waals surface area contributed by atoms with Crippen LogP contribution in [0.25, 0.3) is 11.4 Å². The Morgan fingerprint density at radius 3 is 2.38 bits per heavy atom. The first kappa shape index (κ1) is 24.9. The molecule has 2 aromatic carbocycles. The number of ether oxygens (including phenoxy) is 2. The molecule has 0 bridgehead atoms. The van der Waals surface area contributed by atoms with E-state index in [2.05, 4.69) is 36.1 Å². The molecule has 7 heteroatoms. The van der Waals surface area contributed by atoms with Crippen LogP contribution < -0.4 is 10.1 Å². The van der Waals surface area contributed by atoms with Crippen LogP contribution in [0.4, 0.5) is 5.82 Å². The molecule has 3 aromatic rings. The number of aryl methyl sites for hydroxylation is 1. The van der Waals surface area contributed by atoms with Gasteiger partial charge in [0.05, 0.1) is 19.4 Å². The first-order valence-corrected chi connectivity index (χ1v) is 11.2. The molecule has 0 amide bonds. The van der Waals surface area contributed by atoms with Crippen molar-refractivity contribution in [1.82, 2.24) is 9.97 Å². The van der Waals surface area contributed by atoms with Crippen LogP contribution in [0.15, 0.2) is 42.5 Å². The summed E-state index contributed by atoms with van der Waals surface area (Å²) in [7, 11) is 1.62. The van der Waals surface area contributed by atoms with Gasteiger partial charge in [0.2, 0.25) is 0 Å². The normalized spacial score (nSPS) is 11.1. The lowest BCUT2D eigenvalue weighted by atomic mass is 9.85. The number of hydrogen-bond donors (Lipinski definition) is 1. The minimum absolute atomic E-state index is 0.105. The third-order valence-corrected chi connectivity index (χ3v) is 5.47. The summed E-state index contributed by atoms with van der Waals surface area (Å²) in [5, 5.41) is 3.25. The number of carbonyl (C=O) groups is 2. The highest BCUT2D eigenvalue weighted by molar-refractivity contribution is 5.96. The molecule has 3 rings (SSSR count). The van der Waals surface area contributed by atoms with Gasteiger partial charge in [0, 0.05) is 17.7 Å². The van der Waals surface area contributed by atoms with E-state index in [9.17, 15) is 9.59 Å². The Bertz CT molecular complexity index is 1180. The highest BCUT2D eigenvalue weighted by Crippen LogP contribution is 2.30. The van der Waals surface area contributed by atoms with Crippen LogP contribution in [0.3, 0.4) is 0 Å². The lowest BCUT2D eigenvalue weighted by Gasteiger charge is -2.20. The van der Waals surface area contributed by atoms with Gasteiger partial charge in [-0.05, 0) is 48.6 Å². The van der Waals surface area contributed by atoms with Crippen molar-refractivity contribution in [2.75, 3.05) is 19.0 Å². The van der Waals surface area contributed by atoms with E-state index >= 15 is 0 Å². The molecule has 0 saturated heterocycles. The molecular weight excluding hydrogens is 430 g/mol. The summed E-state index contributed by atoms with van der Waals surface area (Å²) >= 11 is 0. The van der Waals surface area contributed by atoms with Crippen molar-refractivity contribution in [2.24, 2.45) is 0 Å². The van der Waals surface area contributed by atoms with E-state index in [1.54, 1.807) is 21.0 Å². The van der Waals surface area contributed by atoms with E-state index in [-0.39, 0.29) is 17.6 Å². The summed E-state index contributed by atoms with van der Waals surface area (Å²) in [4.78, 5) is 33.8. The molecule has 0 aliphatic rings. The summed E-state index contributed by atoms with van der Waals surface area (Å²) in [6, 6.07) is 13.3. The van der Waals surface area contributed by atoms with E-state index in [0.29, 0.717) is 35.0 Å². The van der Waals surface area contributed by atoms with Crippen LogP contribution in [-0.4, -0.2) is 35.9 Å². The van der Waals surface area contributed by atoms with Crippen LogP contribution >= 0.6 is 0 Å². The second-order valence-corrected chi connectivity index (χ2v) is 8.95. The molecule has 34 heavy (non-hydrogen) atoms. The van der Waals surface area contributed by atoms with Gasteiger partial charge >= 0.3 is 5.97 Å². The van der Waals surface area contributed by atoms with Crippen LogP contribution in [-0.2, 0) is 16.7 Å². The Hall–Kier alpha value is -3.74. The number of nitrogens with one attached hydrogen (secondary N) is 1. The Morgan fingerprint density at radius 1 is 1.09 bits per heavy atom. The molecule has 178 valence electrons. The lowest BCUT2D eigenvalue weighted by Crippen LogP contribution is -2.16. The number of carbonyl (C=O) groups excluding carboxylic acids is 2.